The molecule has 5 nitrogen and oxygen atoms in total. The second-order valence-electron chi connectivity index (χ2n) is 4.93. The third-order valence-corrected chi connectivity index (χ3v) is 3.51. The number of hydrogen-bond donors (Lipinski definition) is 2. The summed E-state index contributed by atoms with van der Waals surface area (Å²) in [6.07, 6.45) is 0.991. The zero-order valence-corrected chi connectivity index (χ0v) is 12.5. The van der Waals surface area contributed by atoms with Gasteiger partial charge in [0.2, 0.25) is 0 Å². The molecule has 0 aliphatic carbocycles. The molecule has 0 bridgehead atoms. The van der Waals surface area contributed by atoms with Gasteiger partial charge in [0.05, 0.1) is 5.69 Å². The van der Waals surface area contributed by atoms with E-state index in [-0.39, 0.29) is 18.3 Å². The Morgan fingerprint density at radius 3 is 2.76 bits per heavy atom. The molecule has 0 spiro atoms. The summed E-state index contributed by atoms with van der Waals surface area (Å²) in [4.78, 5) is 14.3. The Morgan fingerprint density at radius 1 is 1.14 bits per heavy atom. The van der Waals surface area contributed by atoms with Gasteiger partial charge in [-0.15, -0.1) is 12.4 Å². The molecule has 21 heavy (non-hydrogen) atoms. The van der Waals surface area contributed by atoms with Crippen molar-refractivity contribution < 1.29 is 4.79 Å². The summed E-state index contributed by atoms with van der Waals surface area (Å²) in [6.45, 7) is 3.37. The fourth-order valence-corrected chi connectivity index (χ4v) is 2.41. The molecule has 2 aromatic rings. The Morgan fingerprint density at radius 2 is 1.95 bits per heavy atom. The van der Waals surface area contributed by atoms with Crippen LogP contribution in [-0.2, 0) is 0 Å². The van der Waals surface area contributed by atoms with Crippen molar-refractivity contribution in [2.45, 2.75) is 6.42 Å². The summed E-state index contributed by atoms with van der Waals surface area (Å²) >= 11 is 0. The van der Waals surface area contributed by atoms with Crippen molar-refractivity contribution in [3.05, 3.63) is 42.1 Å². The van der Waals surface area contributed by atoms with Crippen LogP contribution in [0.1, 0.15) is 16.9 Å². The number of H-pyrrole nitrogens is 1. The SMILES string of the molecule is Cl.O=C(c1cc(-c2ccccc2)n[nH]1)N1CCCNCC1. The van der Waals surface area contributed by atoms with E-state index in [1.807, 2.05) is 41.3 Å². The van der Waals surface area contributed by atoms with Gasteiger partial charge in [-0.05, 0) is 19.0 Å². The normalized spacial score (nSPS) is 15.1. The first-order valence-corrected chi connectivity index (χ1v) is 6.95. The number of halogens is 1. The van der Waals surface area contributed by atoms with Crippen LogP contribution in [0.15, 0.2) is 36.4 Å². The Balaban J connectivity index is 0.00000161. The van der Waals surface area contributed by atoms with Gasteiger partial charge in [0.15, 0.2) is 0 Å². The van der Waals surface area contributed by atoms with Crippen molar-refractivity contribution in [3.63, 3.8) is 0 Å². The number of hydrogen-bond acceptors (Lipinski definition) is 3. The highest BCUT2D eigenvalue weighted by atomic mass is 35.5. The molecule has 0 unspecified atom stereocenters. The molecule has 6 heteroatoms. The molecule has 0 saturated carbocycles. The minimum Gasteiger partial charge on any atom is -0.336 e. The summed E-state index contributed by atoms with van der Waals surface area (Å²) in [7, 11) is 0. The zero-order valence-electron chi connectivity index (χ0n) is 11.7. The summed E-state index contributed by atoms with van der Waals surface area (Å²) in [5, 5.41) is 10.4. The number of aromatic amines is 1. The van der Waals surface area contributed by atoms with Crippen molar-refractivity contribution in [3.8, 4) is 11.3 Å². The number of benzene rings is 1. The van der Waals surface area contributed by atoms with Crippen molar-refractivity contribution in [1.82, 2.24) is 20.4 Å². The average Bonchev–Trinajstić information content (AvgIpc) is 2.83. The van der Waals surface area contributed by atoms with E-state index < -0.39 is 0 Å². The van der Waals surface area contributed by atoms with Crippen molar-refractivity contribution in [2.24, 2.45) is 0 Å². The molecular weight excluding hydrogens is 288 g/mol. The van der Waals surface area contributed by atoms with Crippen LogP contribution < -0.4 is 5.32 Å². The molecule has 1 amide bonds. The van der Waals surface area contributed by atoms with Gasteiger partial charge in [0, 0.05) is 25.2 Å². The van der Waals surface area contributed by atoms with Gasteiger partial charge in [-0.2, -0.15) is 5.10 Å². The first kappa shape index (κ1) is 15.5. The van der Waals surface area contributed by atoms with E-state index in [1.165, 1.54) is 0 Å². The van der Waals surface area contributed by atoms with Crippen LogP contribution in [0.2, 0.25) is 0 Å². The number of nitrogens with one attached hydrogen (secondary N) is 2. The predicted molar refractivity (Wildman–Crippen MR) is 84.7 cm³/mol. The van der Waals surface area contributed by atoms with Gasteiger partial charge in [-0.3, -0.25) is 9.89 Å². The van der Waals surface area contributed by atoms with Gasteiger partial charge in [-0.25, -0.2) is 0 Å². The molecule has 112 valence electrons. The fourth-order valence-electron chi connectivity index (χ4n) is 2.41. The number of rotatable bonds is 2. The number of carbonyl (C=O) groups excluding carboxylic acids is 1. The van der Waals surface area contributed by atoms with E-state index in [9.17, 15) is 4.79 Å². The molecule has 1 aliphatic heterocycles. The standard InChI is InChI=1S/C15H18N4O.ClH/c20-15(19-9-4-7-16-8-10-19)14-11-13(17-18-14)12-5-2-1-3-6-12;/h1-3,5-6,11,16H,4,7-10H2,(H,17,18);1H. The Bertz CT molecular complexity index is 576. The molecule has 1 aromatic heterocycles. The quantitative estimate of drug-likeness (QED) is 0.891. The van der Waals surface area contributed by atoms with E-state index in [2.05, 4.69) is 15.5 Å². The van der Waals surface area contributed by atoms with E-state index in [1.54, 1.807) is 0 Å². The minimum absolute atomic E-state index is 0. The third-order valence-electron chi connectivity index (χ3n) is 3.51. The highest BCUT2D eigenvalue weighted by Gasteiger charge is 2.19. The van der Waals surface area contributed by atoms with Crippen LogP contribution in [0.3, 0.4) is 0 Å². The van der Waals surface area contributed by atoms with Crippen molar-refractivity contribution in [2.75, 3.05) is 26.2 Å². The average molecular weight is 307 g/mol. The summed E-state index contributed by atoms with van der Waals surface area (Å²) < 4.78 is 0. The molecule has 1 aliphatic rings. The Kier molecular flexibility index (Phi) is 5.36. The maximum Gasteiger partial charge on any atom is 0.271 e. The van der Waals surface area contributed by atoms with Gasteiger partial charge < -0.3 is 10.2 Å². The molecule has 3 rings (SSSR count). The largest absolute Gasteiger partial charge is 0.336 e. The van der Waals surface area contributed by atoms with Gasteiger partial charge in [-0.1, -0.05) is 30.3 Å². The lowest BCUT2D eigenvalue weighted by Gasteiger charge is -2.18. The molecule has 0 atom stereocenters. The first-order chi connectivity index (χ1) is 9.84. The molecule has 2 N–H and O–H groups in total. The van der Waals surface area contributed by atoms with Crippen LogP contribution in [0.25, 0.3) is 11.3 Å². The predicted octanol–water partition coefficient (Wildman–Crippen LogP) is 1.93. The fraction of sp³-hybridized carbons (Fsp3) is 0.333. The Hall–Kier alpha value is -1.85. The van der Waals surface area contributed by atoms with E-state index in [0.29, 0.717) is 5.69 Å². The van der Waals surface area contributed by atoms with Crippen molar-refractivity contribution >= 4 is 18.3 Å². The van der Waals surface area contributed by atoms with Crippen LogP contribution >= 0.6 is 12.4 Å². The molecule has 1 fully saturated rings. The lowest BCUT2D eigenvalue weighted by Crippen LogP contribution is -2.34. The molecular formula is C15H19ClN4O. The van der Waals surface area contributed by atoms with Crippen LogP contribution in [0.4, 0.5) is 0 Å². The Labute approximate surface area is 130 Å². The van der Waals surface area contributed by atoms with E-state index >= 15 is 0 Å². The van der Waals surface area contributed by atoms with Gasteiger partial charge in [0.1, 0.15) is 5.69 Å². The lowest BCUT2D eigenvalue weighted by atomic mass is 10.1. The zero-order chi connectivity index (χ0) is 13.8. The summed E-state index contributed by atoms with van der Waals surface area (Å²) in [5.74, 6) is 0.0309. The molecule has 0 radical (unpaired) electrons. The first-order valence-electron chi connectivity index (χ1n) is 6.95. The van der Waals surface area contributed by atoms with Gasteiger partial charge >= 0.3 is 0 Å². The topological polar surface area (TPSA) is 61.0 Å². The lowest BCUT2D eigenvalue weighted by molar-refractivity contribution is 0.0760. The van der Waals surface area contributed by atoms with Crippen molar-refractivity contribution in [1.29, 1.82) is 0 Å². The second-order valence-corrected chi connectivity index (χ2v) is 4.93. The van der Waals surface area contributed by atoms with Crippen LogP contribution in [0, 0.1) is 0 Å². The summed E-state index contributed by atoms with van der Waals surface area (Å²) in [5.41, 5.74) is 2.38. The van der Waals surface area contributed by atoms with E-state index in [0.717, 1.165) is 43.9 Å². The molecule has 1 aromatic carbocycles. The number of carbonyl (C=O) groups is 1. The van der Waals surface area contributed by atoms with Crippen LogP contribution in [0.5, 0.6) is 0 Å². The maximum absolute atomic E-state index is 12.4. The molecule has 2 heterocycles. The van der Waals surface area contributed by atoms with Gasteiger partial charge in [0.25, 0.3) is 5.91 Å². The summed E-state index contributed by atoms with van der Waals surface area (Å²) in [6, 6.07) is 11.7. The van der Waals surface area contributed by atoms with E-state index in [4.69, 9.17) is 0 Å². The third kappa shape index (κ3) is 3.62. The minimum atomic E-state index is 0. The second kappa shape index (κ2) is 7.24. The maximum atomic E-state index is 12.4. The number of aromatic nitrogens is 2. The van der Waals surface area contributed by atoms with Crippen LogP contribution in [-0.4, -0.2) is 47.2 Å². The smallest absolute Gasteiger partial charge is 0.271 e. The highest BCUT2D eigenvalue weighted by Crippen LogP contribution is 2.17. The number of amides is 1. The monoisotopic (exact) mass is 306 g/mol. The highest BCUT2D eigenvalue weighted by molar-refractivity contribution is 5.93. The number of nitrogens with zero attached hydrogens (tertiary/aromatic N) is 2. The molecule has 1 saturated heterocycles.